The van der Waals surface area contributed by atoms with Gasteiger partial charge >= 0.3 is 6.03 Å². The van der Waals surface area contributed by atoms with Crippen LogP contribution >= 0.6 is 0 Å². The predicted molar refractivity (Wildman–Crippen MR) is 61.1 cm³/mol. The monoisotopic (exact) mass is 217 g/mol. The molecular formula is C10H23N3O2. The number of ether oxygens (including phenoxy) is 1. The van der Waals surface area contributed by atoms with Gasteiger partial charge in [-0.1, -0.05) is 6.92 Å². The molecule has 0 aromatic rings. The third-order valence-corrected chi connectivity index (χ3v) is 1.75. The zero-order valence-corrected chi connectivity index (χ0v) is 10.0. The van der Waals surface area contributed by atoms with Gasteiger partial charge in [-0.25, -0.2) is 4.79 Å². The highest BCUT2D eigenvalue weighted by Gasteiger charge is 1.96. The number of amides is 2. The molecule has 0 aliphatic carbocycles. The Labute approximate surface area is 92.2 Å². The van der Waals surface area contributed by atoms with Crippen molar-refractivity contribution in [1.29, 1.82) is 0 Å². The third kappa shape index (κ3) is 11.1. The van der Waals surface area contributed by atoms with Crippen LogP contribution in [0.5, 0.6) is 0 Å². The van der Waals surface area contributed by atoms with E-state index in [1.54, 1.807) is 0 Å². The lowest BCUT2D eigenvalue weighted by Crippen LogP contribution is -2.37. The van der Waals surface area contributed by atoms with Gasteiger partial charge in [-0.3, -0.25) is 0 Å². The Hall–Kier alpha value is -0.810. The molecule has 0 unspecified atom stereocenters. The summed E-state index contributed by atoms with van der Waals surface area (Å²) in [6.45, 7) is 5.46. The maximum absolute atomic E-state index is 11.1. The van der Waals surface area contributed by atoms with Gasteiger partial charge in [0.2, 0.25) is 0 Å². The van der Waals surface area contributed by atoms with Crippen LogP contribution in [0.25, 0.3) is 0 Å². The summed E-state index contributed by atoms with van der Waals surface area (Å²) < 4.78 is 5.32. The van der Waals surface area contributed by atoms with E-state index in [9.17, 15) is 4.79 Å². The summed E-state index contributed by atoms with van der Waals surface area (Å²) in [6, 6.07) is -0.118. The molecule has 15 heavy (non-hydrogen) atoms. The predicted octanol–water partition coefficient (Wildman–Crippen LogP) is 0.274. The molecule has 0 atom stereocenters. The molecule has 5 heteroatoms. The van der Waals surface area contributed by atoms with Crippen LogP contribution in [0.1, 0.15) is 13.3 Å². The van der Waals surface area contributed by atoms with Crippen LogP contribution in [0.15, 0.2) is 0 Å². The van der Waals surface area contributed by atoms with E-state index in [4.69, 9.17) is 4.74 Å². The summed E-state index contributed by atoms with van der Waals surface area (Å²) in [5, 5.41) is 5.44. The minimum absolute atomic E-state index is 0.118. The SMILES string of the molecule is CCCNC(=O)NCCOCCN(C)C. The highest BCUT2D eigenvalue weighted by atomic mass is 16.5. The van der Waals surface area contributed by atoms with Crippen molar-refractivity contribution in [3.8, 4) is 0 Å². The first kappa shape index (κ1) is 14.2. The molecule has 0 aromatic carbocycles. The number of urea groups is 1. The molecule has 0 saturated carbocycles. The first-order valence-electron chi connectivity index (χ1n) is 5.41. The molecule has 0 aliphatic rings. The summed E-state index contributed by atoms with van der Waals surface area (Å²) >= 11 is 0. The standard InChI is InChI=1S/C10H23N3O2/c1-4-5-11-10(14)12-6-8-15-9-7-13(2)3/h4-9H2,1-3H3,(H2,11,12,14). The van der Waals surface area contributed by atoms with Gasteiger partial charge in [0.25, 0.3) is 0 Å². The van der Waals surface area contributed by atoms with Crippen molar-refractivity contribution in [3.63, 3.8) is 0 Å². The van der Waals surface area contributed by atoms with Gasteiger partial charge in [-0.2, -0.15) is 0 Å². The van der Waals surface area contributed by atoms with Crippen molar-refractivity contribution in [1.82, 2.24) is 15.5 Å². The van der Waals surface area contributed by atoms with Crippen LogP contribution in [-0.2, 0) is 4.74 Å². The summed E-state index contributed by atoms with van der Waals surface area (Å²) in [5.41, 5.74) is 0. The minimum atomic E-state index is -0.118. The fourth-order valence-corrected chi connectivity index (χ4v) is 0.887. The Balaban J connectivity index is 3.13. The van der Waals surface area contributed by atoms with Crippen molar-refractivity contribution < 1.29 is 9.53 Å². The number of rotatable bonds is 8. The van der Waals surface area contributed by atoms with Crippen molar-refractivity contribution >= 4 is 6.03 Å². The zero-order chi connectivity index (χ0) is 11.5. The topological polar surface area (TPSA) is 53.6 Å². The van der Waals surface area contributed by atoms with Gasteiger partial charge in [0.15, 0.2) is 0 Å². The van der Waals surface area contributed by atoms with E-state index in [0.29, 0.717) is 26.3 Å². The zero-order valence-electron chi connectivity index (χ0n) is 10.0. The Morgan fingerprint density at radius 3 is 2.47 bits per heavy atom. The smallest absolute Gasteiger partial charge is 0.314 e. The molecule has 0 fully saturated rings. The van der Waals surface area contributed by atoms with Crippen LogP contribution in [0.2, 0.25) is 0 Å². The quantitative estimate of drug-likeness (QED) is 0.574. The van der Waals surface area contributed by atoms with Gasteiger partial charge in [0, 0.05) is 19.6 Å². The van der Waals surface area contributed by atoms with E-state index in [1.165, 1.54) is 0 Å². The van der Waals surface area contributed by atoms with Gasteiger partial charge in [-0.15, -0.1) is 0 Å². The molecule has 0 radical (unpaired) electrons. The number of carbonyl (C=O) groups is 1. The number of likely N-dealkylation sites (N-methyl/N-ethyl adjacent to an activating group) is 1. The molecular weight excluding hydrogens is 194 g/mol. The maximum Gasteiger partial charge on any atom is 0.314 e. The van der Waals surface area contributed by atoms with Crippen molar-refractivity contribution in [2.45, 2.75) is 13.3 Å². The molecule has 0 rings (SSSR count). The molecule has 2 amide bonds. The number of nitrogens with zero attached hydrogens (tertiary/aromatic N) is 1. The molecule has 5 nitrogen and oxygen atoms in total. The third-order valence-electron chi connectivity index (χ3n) is 1.75. The van der Waals surface area contributed by atoms with Crippen molar-refractivity contribution in [3.05, 3.63) is 0 Å². The van der Waals surface area contributed by atoms with E-state index in [2.05, 4.69) is 15.5 Å². The molecule has 2 N–H and O–H groups in total. The maximum atomic E-state index is 11.1. The molecule has 90 valence electrons. The van der Waals surface area contributed by atoms with Crippen LogP contribution in [0, 0.1) is 0 Å². The number of carbonyl (C=O) groups excluding carboxylic acids is 1. The van der Waals surface area contributed by atoms with Crippen molar-refractivity contribution in [2.24, 2.45) is 0 Å². The number of hydrogen-bond donors (Lipinski definition) is 2. The first-order valence-corrected chi connectivity index (χ1v) is 5.41. The van der Waals surface area contributed by atoms with Crippen LogP contribution in [-0.4, -0.2) is 57.9 Å². The Bertz CT molecular complexity index is 163. The van der Waals surface area contributed by atoms with Gasteiger partial charge < -0.3 is 20.3 Å². The lowest BCUT2D eigenvalue weighted by molar-refractivity contribution is 0.120. The Morgan fingerprint density at radius 2 is 1.87 bits per heavy atom. The number of hydrogen-bond acceptors (Lipinski definition) is 3. The van der Waals surface area contributed by atoms with Crippen LogP contribution in [0.3, 0.4) is 0 Å². The van der Waals surface area contributed by atoms with E-state index < -0.39 is 0 Å². The largest absolute Gasteiger partial charge is 0.378 e. The summed E-state index contributed by atoms with van der Waals surface area (Å²) in [4.78, 5) is 13.1. The summed E-state index contributed by atoms with van der Waals surface area (Å²) in [6.07, 6.45) is 0.951. The molecule has 0 bridgehead atoms. The van der Waals surface area contributed by atoms with E-state index in [1.807, 2.05) is 21.0 Å². The van der Waals surface area contributed by atoms with E-state index >= 15 is 0 Å². The minimum Gasteiger partial charge on any atom is -0.378 e. The second-order valence-corrected chi connectivity index (χ2v) is 3.60. The molecule has 0 aliphatic heterocycles. The van der Waals surface area contributed by atoms with Gasteiger partial charge in [0.05, 0.1) is 13.2 Å². The molecule has 0 saturated heterocycles. The Kier molecular flexibility index (Phi) is 9.21. The van der Waals surface area contributed by atoms with E-state index in [0.717, 1.165) is 13.0 Å². The highest BCUT2D eigenvalue weighted by molar-refractivity contribution is 5.73. The van der Waals surface area contributed by atoms with Gasteiger partial charge in [0.1, 0.15) is 0 Å². The summed E-state index contributed by atoms with van der Waals surface area (Å²) in [7, 11) is 4.00. The van der Waals surface area contributed by atoms with E-state index in [-0.39, 0.29) is 6.03 Å². The average Bonchev–Trinajstić information content (AvgIpc) is 2.19. The lowest BCUT2D eigenvalue weighted by atomic mass is 10.5. The summed E-state index contributed by atoms with van der Waals surface area (Å²) in [5.74, 6) is 0. The second-order valence-electron chi connectivity index (χ2n) is 3.60. The fraction of sp³-hybridized carbons (Fsp3) is 0.900. The highest BCUT2D eigenvalue weighted by Crippen LogP contribution is 1.78. The van der Waals surface area contributed by atoms with Gasteiger partial charge in [-0.05, 0) is 20.5 Å². The normalized spacial score (nSPS) is 10.4. The first-order chi connectivity index (χ1) is 7.16. The molecule has 0 heterocycles. The van der Waals surface area contributed by atoms with Crippen molar-refractivity contribution in [2.75, 3.05) is 46.9 Å². The molecule has 0 aromatic heterocycles. The Morgan fingerprint density at radius 1 is 1.20 bits per heavy atom. The molecule has 0 spiro atoms. The second kappa shape index (κ2) is 9.73. The lowest BCUT2D eigenvalue weighted by Gasteiger charge is -2.10. The fourth-order valence-electron chi connectivity index (χ4n) is 0.887. The number of nitrogens with one attached hydrogen (secondary N) is 2. The van der Waals surface area contributed by atoms with Crippen LogP contribution < -0.4 is 10.6 Å². The average molecular weight is 217 g/mol. The van der Waals surface area contributed by atoms with Crippen LogP contribution in [0.4, 0.5) is 4.79 Å².